The van der Waals surface area contributed by atoms with Crippen LogP contribution in [-0.4, -0.2) is 264 Å². The third-order valence-electron chi connectivity index (χ3n) is 24.0. The van der Waals surface area contributed by atoms with Crippen molar-refractivity contribution in [3.8, 4) is 0 Å². The molecule has 23 nitrogen and oxygen atoms in total. The van der Waals surface area contributed by atoms with E-state index in [0.717, 1.165) is 197 Å². The summed E-state index contributed by atoms with van der Waals surface area (Å²) >= 11 is 0. The molecule has 9 aliphatic rings. The van der Waals surface area contributed by atoms with Crippen molar-refractivity contribution in [1.82, 2.24) is 93.0 Å². The van der Waals surface area contributed by atoms with Crippen LogP contribution in [0.2, 0.25) is 0 Å². The van der Waals surface area contributed by atoms with Crippen LogP contribution in [0.3, 0.4) is 0 Å². The molecule has 4 saturated heterocycles. The summed E-state index contributed by atoms with van der Waals surface area (Å²) in [5.41, 5.74) is 21.9. The SMILES string of the molecule is C=C1Cc2c(c3cncnc3n2CCN2CCCC(CO)C2)CN1C.Cc1cc2c3c(n(CCN4CCNCC4=O)c2cn1)CCN(C)C3.Cc1ccc2c(n1)c1c(n2CCN2CCNCC2C)CCN(C)C1C.Cc1cnc2c(c1)c1c(n2CCN2CCS(=O)(=O)CC2)CC(C)N(C2CC2)C1. The van der Waals surface area contributed by atoms with Crippen molar-refractivity contribution in [2.45, 2.75) is 163 Å². The molecular formula is C78H113N19O4S. The molecule has 1 saturated carbocycles. The second kappa shape index (κ2) is 31.2. The lowest BCUT2D eigenvalue weighted by Crippen LogP contribution is -2.50. The highest BCUT2D eigenvalue weighted by molar-refractivity contribution is 7.91. The number of carbonyl (C=O) groups is 1. The molecule has 5 fully saturated rings. The fourth-order valence-corrected chi connectivity index (χ4v) is 18.9. The number of aliphatic hydroxyl groups excluding tert-OH is 1. The van der Waals surface area contributed by atoms with Crippen LogP contribution in [0.5, 0.6) is 0 Å². The zero-order valence-corrected chi connectivity index (χ0v) is 63.3. The second-order valence-electron chi connectivity index (χ2n) is 31.1. The number of fused-ring (bicyclic) bond motifs is 12. The predicted octanol–water partition coefficient (Wildman–Crippen LogP) is 6.57. The van der Waals surface area contributed by atoms with Gasteiger partial charge < -0.3 is 53.6 Å². The van der Waals surface area contributed by atoms with E-state index in [1.54, 1.807) is 6.33 Å². The van der Waals surface area contributed by atoms with E-state index in [2.05, 4.69) is 172 Å². The topological polar surface area (TPSA) is 206 Å². The molecule has 8 aromatic heterocycles. The Kier molecular flexibility index (Phi) is 22.1. The Morgan fingerprint density at radius 2 is 1.37 bits per heavy atom. The van der Waals surface area contributed by atoms with E-state index in [9.17, 15) is 18.3 Å². The number of hydrogen-bond donors (Lipinski definition) is 3. The van der Waals surface area contributed by atoms with Crippen molar-refractivity contribution in [3.05, 3.63) is 123 Å². The van der Waals surface area contributed by atoms with Gasteiger partial charge >= 0.3 is 0 Å². The van der Waals surface area contributed by atoms with Gasteiger partial charge in [0.25, 0.3) is 0 Å². The highest BCUT2D eigenvalue weighted by atomic mass is 32.2. The summed E-state index contributed by atoms with van der Waals surface area (Å²) in [6.07, 6.45) is 16.7. The number of likely N-dealkylation sites (N-methyl/N-ethyl adjacent to an activating group) is 3. The van der Waals surface area contributed by atoms with Crippen LogP contribution < -0.4 is 10.6 Å². The van der Waals surface area contributed by atoms with Gasteiger partial charge in [-0.15, -0.1) is 0 Å². The van der Waals surface area contributed by atoms with E-state index >= 15 is 0 Å². The van der Waals surface area contributed by atoms with Gasteiger partial charge in [0.05, 0.1) is 40.8 Å². The Balaban J connectivity index is 0.000000115. The highest BCUT2D eigenvalue weighted by Gasteiger charge is 2.38. The number of aromatic nitrogens is 9. The molecule has 0 bridgehead atoms. The van der Waals surface area contributed by atoms with Crippen molar-refractivity contribution >= 4 is 59.7 Å². The quantitative estimate of drug-likeness (QED) is 0.105. The van der Waals surface area contributed by atoms with Crippen molar-refractivity contribution < 1.29 is 18.3 Å². The van der Waals surface area contributed by atoms with Gasteiger partial charge in [0.2, 0.25) is 5.91 Å². The first-order valence-electron chi connectivity index (χ1n) is 38.2. The van der Waals surface area contributed by atoms with E-state index in [1.165, 1.54) is 103 Å². The number of pyridine rings is 3. The minimum absolute atomic E-state index is 0.209. The molecule has 0 spiro atoms. The van der Waals surface area contributed by atoms with E-state index in [1.807, 2.05) is 23.5 Å². The molecule has 3 N–H and O–H groups in total. The van der Waals surface area contributed by atoms with Gasteiger partial charge in [-0.3, -0.25) is 34.4 Å². The lowest BCUT2D eigenvalue weighted by Gasteiger charge is -2.34. The first kappa shape index (κ1) is 72.2. The Morgan fingerprint density at radius 3 is 2.16 bits per heavy atom. The second-order valence-corrected chi connectivity index (χ2v) is 33.4. The number of sulfone groups is 1. The first-order chi connectivity index (χ1) is 49.3. The van der Waals surface area contributed by atoms with Crippen LogP contribution in [0, 0.1) is 26.7 Å². The van der Waals surface area contributed by atoms with Crippen molar-refractivity contribution in [2.75, 3.05) is 144 Å². The number of carbonyl (C=O) groups excluding carboxylic acids is 1. The molecule has 102 heavy (non-hydrogen) atoms. The Labute approximate surface area is 604 Å². The predicted molar refractivity (Wildman–Crippen MR) is 406 cm³/mol. The Morgan fingerprint density at radius 1 is 0.647 bits per heavy atom. The summed E-state index contributed by atoms with van der Waals surface area (Å²) in [7, 11) is 3.69. The van der Waals surface area contributed by atoms with Gasteiger partial charge in [0.15, 0.2) is 9.84 Å². The summed E-state index contributed by atoms with van der Waals surface area (Å²) in [6, 6.07) is 11.4. The zero-order chi connectivity index (χ0) is 71.1. The van der Waals surface area contributed by atoms with Crippen molar-refractivity contribution in [3.63, 3.8) is 0 Å². The van der Waals surface area contributed by atoms with E-state index in [0.29, 0.717) is 61.8 Å². The number of allylic oxidation sites excluding steroid dienone is 1. The summed E-state index contributed by atoms with van der Waals surface area (Å²) in [5, 5.41) is 19.9. The molecule has 16 heterocycles. The standard InChI is InChI=1S/C21H30N4O2S.C20H31N5.C19H27N5O.C18H25N5O/c1-15-11-18-19-14-25(17-3-4-17)16(2)12-20(19)24(21(18)22-13-15)6-5-23-7-9-28(26,27)10-8-23;1-14-5-6-18-20(22-14)19-16(3)23(4)9-7-17(19)25(18)12-11-24-10-8-21-13-15(24)2;1-14-8-18-17(11-22(14)2)16-9-20-13-21-19(16)24(18)7-6-23-5-3-4-15(10-23)12-25;1-13-9-14-15-12-21(2)5-3-16(15)23(17(14)10-20-13)8-7-22-6-4-19-11-18(22)24/h11,13,16-17H,3-10,12,14H2,1-2H3;5-6,15-16,21H,7-13H2,1-4H3;9,13,15,25H,1,3-8,10-12H2,2H3;9-10,19H,3-8,11-12H2,1-2H3. The number of piperazine rings is 2. The fraction of sp³-hybridized carbons (Fsp3) is 0.615. The van der Waals surface area contributed by atoms with Gasteiger partial charge in [0, 0.05) is 280 Å². The number of rotatable bonds is 14. The summed E-state index contributed by atoms with van der Waals surface area (Å²) in [5.74, 6) is 1.23. The van der Waals surface area contributed by atoms with Gasteiger partial charge in [-0.2, -0.15) is 0 Å². The Bertz CT molecular complexity index is 4440. The lowest BCUT2D eigenvalue weighted by atomic mass is 9.99. The Hall–Kier alpha value is -6.71. The lowest BCUT2D eigenvalue weighted by molar-refractivity contribution is -0.132. The molecule has 17 rings (SSSR count). The monoisotopic (exact) mass is 1410 g/mol. The molecule has 8 aromatic rings. The minimum atomic E-state index is -2.82. The number of nitrogens with zero attached hydrogens (tertiary/aromatic N) is 17. The maximum Gasteiger partial charge on any atom is 0.236 e. The van der Waals surface area contributed by atoms with Gasteiger partial charge in [0.1, 0.15) is 17.6 Å². The number of aliphatic hydroxyl groups is 1. The first-order valence-corrected chi connectivity index (χ1v) is 40.0. The normalized spacial score (nSPS) is 23.2. The maximum absolute atomic E-state index is 12.0. The number of likely N-dealkylation sites (tertiary alicyclic amines) is 1. The van der Waals surface area contributed by atoms with Gasteiger partial charge in [-0.25, -0.2) is 23.4 Å². The van der Waals surface area contributed by atoms with Crippen LogP contribution >= 0.6 is 0 Å². The highest BCUT2D eigenvalue weighted by Crippen LogP contribution is 2.40. The summed E-state index contributed by atoms with van der Waals surface area (Å²) < 4.78 is 33.2. The molecule has 550 valence electrons. The van der Waals surface area contributed by atoms with E-state index in [-0.39, 0.29) is 5.91 Å². The van der Waals surface area contributed by atoms with Crippen LogP contribution in [0.4, 0.5) is 0 Å². The average molecular weight is 1410 g/mol. The molecule has 0 aromatic carbocycles. The molecular weight excluding hydrogens is 1300 g/mol. The van der Waals surface area contributed by atoms with Crippen LogP contribution in [0.1, 0.15) is 114 Å². The van der Waals surface area contributed by atoms with Crippen LogP contribution in [-0.2, 0) is 86.1 Å². The molecule has 4 unspecified atom stereocenters. The molecule has 8 aliphatic heterocycles. The number of nitrogens with one attached hydrogen (secondary N) is 2. The number of amides is 1. The fourth-order valence-electron chi connectivity index (χ4n) is 17.6. The third-order valence-corrected chi connectivity index (χ3v) is 25.6. The average Bonchev–Trinajstić information content (AvgIpc) is 1.62. The van der Waals surface area contributed by atoms with Crippen LogP contribution in [0.25, 0.3) is 44.0 Å². The smallest absolute Gasteiger partial charge is 0.236 e. The minimum Gasteiger partial charge on any atom is -0.396 e. The molecule has 4 atom stereocenters. The number of aryl methyl sites for hydroxylation is 3. The van der Waals surface area contributed by atoms with Crippen molar-refractivity contribution in [2.24, 2.45) is 5.92 Å². The maximum atomic E-state index is 12.0. The van der Waals surface area contributed by atoms with Crippen molar-refractivity contribution in [1.29, 1.82) is 0 Å². The van der Waals surface area contributed by atoms with E-state index in [4.69, 9.17) is 9.97 Å². The third kappa shape index (κ3) is 15.5. The summed E-state index contributed by atoms with van der Waals surface area (Å²) in [4.78, 5) is 54.2. The number of hydrogen-bond acceptors (Lipinski definition) is 18. The van der Waals surface area contributed by atoms with Crippen LogP contribution in [0.15, 0.2) is 61.5 Å². The van der Waals surface area contributed by atoms with Gasteiger partial charge in [-0.1, -0.05) is 6.58 Å². The number of piperidine rings is 1. The molecule has 1 aliphatic carbocycles. The van der Waals surface area contributed by atoms with Gasteiger partial charge in [-0.05, 0) is 135 Å². The summed E-state index contributed by atoms with van der Waals surface area (Å²) in [6.45, 7) is 39.4. The zero-order valence-electron chi connectivity index (χ0n) is 62.4. The van der Waals surface area contributed by atoms with E-state index < -0.39 is 9.84 Å². The molecule has 1 amide bonds. The largest absolute Gasteiger partial charge is 0.396 e. The molecule has 24 heteroatoms. The molecule has 0 radical (unpaired) electrons.